The van der Waals surface area contributed by atoms with Gasteiger partial charge in [-0.3, -0.25) is 14.5 Å². The van der Waals surface area contributed by atoms with Gasteiger partial charge in [0, 0.05) is 24.1 Å². The van der Waals surface area contributed by atoms with Crippen LogP contribution < -0.4 is 5.32 Å². The summed E-state index contributed by atoms with van der Waals surface area (Å²) in [5.74, 6) is -2.18. The number of carbonyl (C=O) groups excluding carboxylic acids is 3. The number of hydrogen-bond acceptors (Lipinski definition) is 7. The van der Waals surface area contributed by atoms with Crippen molar-refractivity contribution in [3.8, 4) is 6.07 Å². The van der Waals surface area contributed by atoms with Gasteiger partial charge in [-0.05, 0) is 35.4 Å². The maximum absolute atomic E-state index is 13.7. The second-order valence-electron chi connectivity index (χ2n) is 9.11. The Hall–Kier alpha value is -4.49. The second kappa shape index (κ2) is 11.3. The van der Waals surface area contributed by atoms with E-state index in [0.29, 0.717) is 11.1 Å². The van der Waals surface area contributed by atoms with Crippen molar-refractivity contribution in [2.24, 2.45) is 0 Å². The molecule has 2 atom stereocenters. The molecule has 10 heteroatoms. The van der Waals surface area contributed by atoms with Crippen molar-refractivity contribution in [2.45, 2.75) is 18.1 Å². The summed E-state index contributed by atoms with van der Waals surface area (Å²) < 4.78 is 17.4. The van der Waals surface area contributed by atoms with Gasteiger partial charge in [-0.25, -0.2) is 4.79 Å². The van der Waals surface area contributed by atoms with Gasteiger partial charge in [-0.15, -0.1) is 11.6 Å². The topological polar surface area (TPSA) is 118 Å². The first kappa shape index (κ1) is 27.1. The highest BCUT2D eigenvalue weighted by atomic mass is 35.5. The van der Waals surface area contributed by atoms with E-state index in [1.165, 1.54) is 31.4 Å². The number of halogens is 1. The lowest BCUT2D eigenvalue weighted by atomic mass is 9.93. The Morgan fingerprint density at radius 3 is 2.20 bits per heavy atom. The molecule has 0 saturated carbocycles. The van der Waals surface area contributed by atoms with Gasteiger partial charge in [0.05, 0.1) is 18.2 Å². The second-order valence-corrected chi connectivity index (χ2v) is 9.38. The number of alkyl halides is 1. The summed E-state index contributed by atoms with van der Waals surface area (Å²) in [4.78, 5) is 41.4. The Morgan fingerprint density at radius 2 is 1.68 bits per heavy atom. The van der Waals surface area contributed by atoms with Gasteiger partial charge in [0.1, 0.15) is 5.70 Å². The van der Waals surface area contributed by atoms with E-state index in [2.05, 4.69) is 5.32 Å². The monoisotopic (exact) mass is 557 g/mol. The molecule has 2 amide bonds. The standard InChI is InChI=1S/C30H24ClN3O6/c1-38-30(33-26(35)22-14-12-19(17-32)13-15-22)28(37)34-24(23(16-31)18-39-29(30)34)27(36)40-25(20-8-4-2-5-9-20)21-10-6-3-7-11-21/h2-15,25,29H,16,18H2,1H3,(H,33,35). The molecule has 0 aliphatic carbocycles. The minimum absolute atomic E-state index is 0.0478. The molecule has 3 aromatic carbocycles. The molecule has 0 spiro atoms. The molecule has 0 bridgehead atoms. The number of nitriles is 1. The molecule has 2 heterocycles. The van der Waals surface area contributed by atoms with Gasteiger partial charge in [0.25, 0.3) is 17.5 Å². The molecule has 2 unspecified atom stereocenters. The minimum Gasteiger partial charge on any atom is -0.448 e. The Kier molecular flexibility index (Phi) is 7.67. The average Bonchev–Trinajstić information content (AvgIpc) is 3.02. The molecule has 1 saturated heterocycles. The van der Waals surface area contributed by atoms with E-state index in [1.807, 2.05) is 66.7 Å². The summed E-state index contributed by atoms with van der Waals surface area (Å²) >= 11 is 6.16. The Bertz CT molecular complexity index is 1460. The van der Waals surface area contributed by atoms with Gasteiger partial charge in [-0.2, -0.15) is 5.26 Å². The third-order valence-electron chi connectivity index (χ3n) is 6.79. The third-order valence-corrected chi connectivity index (χ3v) is 7.11. The summed E-state index contributed by atoms with van der Waals surface area (Å²) in [6.07, 6.45) is -1.89. The number of ether oxygens (including phenoxy) is 3. The van der Waals surface area contributed by atoms with Crippen LogP contribution in [0.5, 0.6) is 0 Å². The van der Waals surface area contributed by atoms with Crippen LogP contribution in [0.2, 0.25) is 0 Å². The number of carbonyl (C=O) groups is 3. The van der Waals surface area contributed by atoms with Gasteiger partial charge in [-0.1, -0.05) is 60.7 Å². The molecule has 1 N–H and O–H groups in total. The van der Waals surface area contributed by atoms with Crippen LogP contribution in [0.1, 0.15) is 33.2 Å². The smallest absolute Gasteiger partial charge is 0.356 e. The van der Waals surface area contributed by atoms with Crippen LogP contribution in [0.15, 0.2) is 96.2 Å². The van der Waals surface area contributed by atoms with Crippen LogP contribution >= 0.6 is 11.6 Å². The molecule has 202 valence electrons. The number of benzene rings is 3. The first-order valence-electron chi connectivity index (χ1n) is 12.4. The van der Waals surface area contributed by atoms with E-state index in [4.69, 9.17) is 31.1 Å². The highest BCUT2D eigenvalue weighted by Crippen LogP contribution is 2.42. The van der Waals surface area contributed by atoms with Crippen molar-refractivity contribution in [1.29, 1.82) is 5.26 Å². The van der Waals surface area contributed by atoms with E-state index in [0.717, 1.165) is 16.0 Å². The summed E-state index contributed by atoms with van der Waals surface area (Å²) in [7, 11) is 1.26. The number of nitrogens with one attached hydrogen (secondary N) is 1. The number of methoxy groups -OCH3 is 1. The Balaban J connectivity index is 1.42. The van der Waals surface area contributed by atoms with Crippen molar-refractivity contribution < 1.29 is 28.6 Å². The number of rotatable bonds is 8. The van der Waals surface area contributed by atoms with Crippen molar-refractivity contribution in [3.63, 3.8) is 0 Å². The Morgan fingerprint density at radius 1 is 1.07 bits per heavy atom. The zero-order valence-corrected chi connectivity index (χ0v) is 22.1. The first-order valence-corrected chi connectivity index (χ1v) is 12.9. The van der Waals surface area contributed by atoms with Crippen molar-refractivity contribution in [1.82, 2.24) is 10.2 Å². The SMILES string of the molecule is COC1(NC(=O)c2ccc(C#N)cc2)C(=O)N2C(C(=O)OC(c3ccccc3)c3ccccc3)=C(CCl)COC21. The molecule has 0 aromatic heterocycles. The predicted molar refractivity (Wildman–Crippen MR) is 144 cm³/mol. The molecule has 2 aliphatic rings. The number of nitrogens with zero attached hydrogens (tertiary/aromatic N) is 2. The maximum atomic E-state index is 13.7. The van der Waals surface area contributed by atoms with E-state index in [9.17, 15) is 14.4 Å². The van der Waals surface area contributed by atoms with Crippen molar-refractivity contribution in [3.05, 3.63) is 118 Å². The molecule has 1 fully saturated rings. The number of fused-ring (bicyclic) bond motifs is 1. The van der Waals surface area contributed by atoms with Crippen LogP contribution in [0.3, 0.4) is 0 Å². The van der Waals surface area contributed by atoms with Crippen molar-refractivity contribution >= 4 is 29.4 Å². The summed E-state index contributed by atoms with van der Waals surface area (Å²) in [5, 5.41) is 11.6. The zero-order valence-electron chi connectivity index (χ0n) is 21.4. The summed E-state index contributed by atoms with van der Waals surface area (Å²) in [6.45, 7) is -0.0818. The van der Waals surface area contributed by atoms with Gasteiger partial charge in [0.15, 0.2) is 12.3 Å². The molecular weight excluding hydrogens is 534 g/mol. The van der Waals surface area contributed by atoms with E-state index < -0.39 is 35.8 Å². The molecule has 2 aliphatic heterocycles. The highest BCUT2D eigenvalue weighted by Gasteiger charge is 2.67. The minimum atomic E-state index is -1.88. The third kappa shape index (κ3) is 4.73. The van der Waals surface area contributed by atoms with Crippen LogP contribution in [-0.2, 0) is 23.8 Å². The molecule has 9 nitrogen and oxygen atoms in total. The fourth-order valence-electron chi connectivity index (χ4n) is 4.72. The molecule has 40 heavy (non-hydrogen) atoms. The van der Waals surface area contributed by atoms with Crippen LogP contribution in [0, 0.1) is 11.3 Å². The highest BCUT2D eigenvalue weighted by molar-refractivity contribution is 6.20. The largest absolute Gasteiger partial charge is 0.448 e. The molecule has 5 rings (SSSR count). The van der Waals surface area contributed by atoms with Crippen LogP contribution in [0.25, 0.3) is 0 Å². The summed E-state index contributed by atoms with van der Waals surface area (Å²) in [6, 6.07) is 26.3. The average molecular weight is 558 g/mol. The predicted octanol–water partition coefficient (Wildman–Crippen LogP) is 3.65. The lowest BCUT2D eigenvalue weighted by molar-refractivity contribution is -0.256. The van der Waals surface area contributed by atoms with Crippen LogP contribution in [0.4, 0.5) is 0 Å². The number of esters is 1. The van der Waals surface area contributed by atoms with Gasteiger partial charge >= 0.3 is 5.97 Å². The zero-order chi connectivity index (χ0) is 28.3. The summed E-state index contributed by atoms with van der Waals surface area (Å²) in [5.41, 5.74) is 0.511. The maximum Gasteiger partial charge on any atom is 0.356 e. The molecular formula is C30H24ClN3O6. The fourth-order valence-corrected chi connectivity index (χ4v) is 4.92. The quantitative estimate of drug-likeness (QED) is 0.194. The van der Waals surface area contributed by atoms with E-state index in [-0.39, 0.29) is 23.7 Å². The van der Waals surface area contributed by atoms with Crippen LogP contribution in [-0.4, -0.2) is 54.2 Å². The lowest BCUT2D eigenvalue weighted by Crippen LogP contribution is -2.82. The van der Waals surface area contributed by atoms with Crippen molar-refractivity contribution in [2.75, 3.05) is 19.6 Å². The van der Waals surface area contributed by atoms with Gasteiger partial charge < -0.3 is 19.5 Å². The number of amides is 2. The molecule has 0 radical (unpaired) electrons. The number of hydrogen-bond donors (Lipinski definition) is 1. The first-order chi connectivity index (χ1) is 19.4. The van der Waals surface area contributed by atoms with E-state index >= 15 is 0 Å². The number of β-lactam (4-membered cyclic amide) rings is 1. The van der Waals surface area contributed by atoms with Gasteiger partial charge in [0.2, 0.25) is 0 Å². The fraction of sp³-hybridized carbons (Fsp3) is 0.200. The normalized spacial score (nSPS) is 19.9. The Labute approximate surface area is 235 Å². The molecule has 3 aromatic rings. The lowest BCUT2D eigenvalue weighted by Gasteiger charge is -2.55. The van der Waals surface area contributed by atoms with E-state index in [1.54, 1.807) is 0 Å².